The maximum atomic E-state index is 13.9. The van der Waals surface area contributed by atoms with Gasteiger partial charge < -0.3 is 9.84 Å². The number of halogens is 3. The standard InChI is InChI=1S/C24H22F3N3O4S/c1-15-23(22(34-29-15)9-6-16-4-2-3-5-19(16)26)35(32,33)30-12-10-17(11-13-30)24(31)28-21-8-7-18(25)14-20(21)27/h2-9,14,17H,10-13H2,1H3,(H,28,31). The first-order valence-corrected chi connectivity index (χ1v) is 12.3. The van der Waals surface area contributed by atoms with Crippen LogP contribution in [0, 0.1) is 30.3 Å². The molecule has 1 aliphatic rings. The number of rotatable bonds is 6. The minimum Gasteiger partial charge on any atom is -0.355 e. The van der Waals surface area contributed by atoms with Gasteiger partial charge in [-0.05, 0) is 50.1 Å². The average molecular weight is 506 g/mol. The van der Waals surface area contributed by atoms with Crippen LogP contribution in [0.15, 0.2) is 51.9 Å². The number of aryl methyl sites for hydroxylation is 1. The lowest BCUT2D eigenvalue weighted by Crippen LogP contribution is -2.41. The molecule has 4 rings (SSSR count). The number of sulfonamides is 1. The minimum absolute atomic E-state index is 0.0302. The Hall–Kier alpha value is -3.44. The zero-order valence-corrected chi connectivity index (χ0v) is 19.5. The molecule has 1 fully saturated rings. The van der Waals surface area contributed by atoms with Gasteiger partial charge in [0.2, 0.25) is 15.9 Å². The average Bonchev–Trinajstić information content (AvgIpc) is 3.21. The number of hydrogen-bond donors (Lipinski definition) is 1. The van der Waals surface area contributed by atoms with Crippen molar-refractivity contribution in [2.24, 2.45) is 5.92 Å². The van der Waals surface area contributed by atoms with Crippen LogP contribution in [0.4, 0.5) is 18.9 Å². The molecule has 7 nitrogen and oxygen atoms in total. The van der Waals surface area contributed by atoms with Gasteiger partial charge in [0.1, 0.15) is 23.1 Å². The van der Waals surface area contributed by atoms with Gasteiger partial charge in [-0.2, -0.15) is 4.31 Å². The van der Waals surface area contributed by atoms with Gasteiger partial charge in [-0.15, -0.1) is 0 Å². The Kier molecular flexibility index (Phi) is 7.08. The van der Waals surface area contributed by atoms with Crippen molar-refractivity contribution < 1.29 is 30.9 Å². The summed E-state index contributed by atoms with van der Waals surface area (Å²) in [5.74, 6) is -3.16. The second-order valence-corrected chi connectivity index (χ2v) is 9.98. The Morgan fingerprint density at radius 2 is 1.80 bits per heavy atom. The fourth-order valence-corrected chi connectivity index (χ4v) is 5.61. The number of amides is 1. The Morgan fingerprint density at radius 1 is 1.09 bits per heavy atom. The highest BCUT2D eigenvalue weighted by atomic mass is 32.2. The lowest BCUT2D eigenvalue weighted by molar-refractivity contribution is -0.120. The van der Waals surface area contributed by atoms with E-state index in [1.807, 2.05) is 0 Å². The monoisotopic (exact) mass is 505 g/mol. The quantitative estimate of drug-likeness (QED) is 0.528. The van der Waals surface area contributed by atoms with Gasteiger partial charge in [0.15, 0.2) is 10.7 Å². The summed E-state index contributed by atoms with van der Waals surface area (Å²) >= 11 is 0. The molecular weight excluding hydrogens is 483 g/mol. The lowest BCUT2D eigenvalue weighted by atomic mass is 9.97. The Balaban J connectivity index is 1.46. The predicted octanol–water partition coefficient (Wildman–Crippen LogP) is 4.61. The van der Waals surface area contributed by atoms with Crippen LogP contribution < -0.4 is 5.32 Å². The lowest BCUT2D eigenvalue weighted by Gasteiger charge is -2.30. The van der Waals surface area contributed by atoms with Crippen molar-refractivity contribution in [3.63, 3.8) is 0 Å². The third-order valence-corrected chi connectivity index (χ3v) is 7.82. The van der Waals surface area contributed by atoms with Gasteiger partial charge >= 0.3 is 0 Å². The maximum Gasteiger partial charge on any atom is 0.248 e. The van der Waals surface area contributed by atoms with Crippen LogP contribution in [0.1, 0.15) is 29.9 Å². The van der Waals surface area contributed by atoms with E-state index in [0.29, 0.717) is 6.07 Å². The largest absolute Gasteiger partial charge is 0.355 e. The first-order valence-electron chi connectivity index (χ1n) is 10.8. The van der Waals surface area contributed by atoms with Gasteiger partial charge in [-0.25, -0.2) is 21.6 Å². The van der Waals surface area contributed by atoms with Crippen LogP contribution in [0.25, 0.3) is 12.2 Å². The van der Waals surface area contributed by atoms with Crippen molar-refractivity contribution in [3.8, 4) is 0 Å². The van der Waals surface area contributed by atoms with Gasteiger partial charge in [-0.3, -0.25) is 4.79 Å². The molecule has 3 aromatic rings. The Labute approximate surface area is 200 Å². The predicted molar refractivity (Wildman–Crippen MR) is 123 cm³/mol. The number of benzene rings is 2. The van der Waals surface area contributed by atoms with Crippen LogP contribution in [0.5, 0.6) is 0 Å². The third kappa shape index (κ3) is 5.30. The van der Waals surface area contributed by atoms with Crippen molar-refractivity contribution in [2.75, 3.05) is 18.4 Å². The molecule has 35 heavy (non-hydrogen) atoms. The number of aromatic nitrogens is 1. The summed E-state index contributed by atoms with van der Waals surface area (Å²) in [6.45, 7) is 1.59. The SMILES string of the molecule is Cc1noc(C=Cc2ccccc2F)c1S(=O)(=O)N1CCC(C(=O)Nc2ccc(F)cc2F)CC1. The summed E-state index contributed by atoms with van der Waals surface area (Å²) in [6.07, 6.45) is 3.17. The molecule has 1 aromatic heterocycles. The Bertz CT molecular complexity index is 1380. The highest BCUT2D eigenvalue weighted by Crippen LogP contribution is 2.30. The second kappa shape index (κ2) is 10.0. The van der Waals surface area contributed by atoms with Gasteiger partial charge in [-0.1, -0.05) is 23.4 Å². The highest BCUT2D eigenvalue weighted by Gasteiger charge is 2.36. The van der Waals surface area contributed by atoms with E-state index in [-0.39, 0.29) is 53.5 Å². The molecule has 0 radical (unpaired) electrons. The van der Waals surface area contributed by atoms with Crippen LogP contribution in [0.3, 0.4) is 0 Å². The van der Waals surface area contributed by atoms with Crippen molar-refractivity contribution in [2.45, 2.75) is 24.7 Å². The van der Waals surface area contributed by atoms with Crippen LogP contribution >= 0.6 is 0 Å². The number of piperidine rings is 1. The Morgan fingerprint density at radius 3 is 2.49 bits per heavy atom. The first kappa shape index (κ1) is 24.7. The minimum atomic E-state index is -4.02. The van der Waals surface area contributed by atoms with E-state index in [0.717, 1.165) is 12.1 Å². The molecule has 0 atom stereocenters. The zero-order chi connectivity index (χ0) is 25.2. The molecule has 0 bridgehead atoms. The fourth-order valence-electron chi connectivity index (χ4n) is 3.89. The molecule has 0 saturated carbocycles. The molecule has 2 aromatic carbocycles. The van der Waals surface area contributed by atoms with E-state index >= 15 is 0 Å². The molecule has 1 saturated heterocycles. The van der Waals surface area contributed by atoms with Gasteiger partial charge in [0.05, 0.1) is 5.69 Å². The molecular formula is C24H22F3N3O4S. The molecule has 11 heteroatoms. The number of hydrogen-bond acceptors (Lipinski definition) is 5. The fraction of sp³-hybridized carbons (Fsp3) is 0.250. The van der Waals surface area contributed by atoms with E-state index in [1.54, 1.807) is 12.1 Å². The molecule has 0 aliphatic carbocycles. The smallest absolute Gasteiger partial charge is 0.248 e. The highest BCUT2D eigenvalue weighted by molar-refractivity contribution is 7.89. The summed E-state index contributed by atoms with van der Waals surface area (Å²) in [4.78, 5) is 12.4. The van der Waals surface area contributed by atoms with E-state index in [1.165, 1.54) is 35.5 Å². The third-order valence-electron chi connectivity index (χ3n) is 5.76. The molecule has 0 unspecified atom stereocenters. The summed E-state index contributed by atoms with van der Waals surface area (Å²) < 4.78 is 73.9. The van der Waals surface area contributed by atoms with Gasteiger partial charge in [0.25, 0.3) is 0 Å². The molecule has 1 aliphatic heterocycles. The van der Waals surface area contributed by atoms with Crippen molar-refractivity contribution >= 4 is 33.8 Å². The second-order valence-electron chi connectivity index (χ2n) is 8.11. The normalized spacial score (nSPS) is 15.5. The van der Waals surface area contributed by atoms with Crippen molar-refractivity contribution in [1.29, 1.82) is 0 Å². The van der Waals surface area contributed by atoms with Crippen LogP contribution in [-0.4, -0.2) is 36.9 Å². The summed E-state index contributed by atoms with van der Waals surface area (Å²) in [6, 6.07) is 8.85. The first-order chi connectivity index (χ1) is 16.7. The molecule has 2 heterocycles. The number of anilines is 1. The summed E-state index contributed by atoms with van der Waals surface area (Å²) in [5.41, 5.74) is 0.275. The molecule has 0 spiro atoms. The van der Waals surface area contributed by atoms with E-state index in [9.17, 15) is 26.4 Å². The molecule has 1 amide bonds. The maximum absolute atomic E-state index is 13.9. The molecule has 1 N–H and O–H groups in total. The number of nitrogens with one attached hydrogen (secondary N) is 1. The zero-order valence-electron chi connectivity index (χ0n) is 18.7. The van der Waals surface area contributed by atoms with Crippen molar-refractivity contribution in [3.05, 3.63) is 76.9 Å². The summed E-state index contributed by atoms with van der Waals surface area (Å²) in [7, 11) is -4.02. The van der Waals surface area contributed by atoms with E-state index in [4.69, 9.17) is 4.52 Å². The van der Waals surface area contributed by atoms with E-state index in [2.05, 4.69) is 10.5 Å². The summed E-state index contributed by atoms with van der Waals surface area (Å²) in [5, 5.41) is 6.19. The van der Waals surface area contributed by atoms with E-state index < -0.39 is 39.3 Å². The van der Waals surface area contributed by atoms with Crippen molar-refractivity contribution in [1.82, 2.24) is 9.46 Å². The van der Waals surface area contributed by atoms with Gasteiger partial charge in [0, 0.05) is 30.6 Å². The molecule has 184 valence electrons. The number of carbonyl (C=O) groups excluding carboxylic acids is 1. The number of nitrogens with zero attached hydrogens (tertiary/aromatic N) is 2. The topological polar surface area (TPSA) is 92.5 Å². The van der Waals surface area contributed by atoms with Crippen LogP contribution in [-0.2, 0) is 14.8 Å². The van der Waals surface area contributed by atoms with Crippen LogP contribution in [0.2, 0.25) is 0 Å². The number of carbonyl (C=O) groups is 1.